The van der Waals surface area contributed by atoms with Gasteiger partial charge in [-0.1, -0.05) is 29.8 Å². The molecule has 2 rings (SSSR count). The number of nitrogens with zero attached hydrogens (tertiary/aromatic N) is 1. The molecule has 2 N–H and O–H groups in total. The van der Waals surface area contributed by atoms with Gasteiger partial charge in [-0.15, -0.1) is 0 Å². The van der Waals surface area contributed by atoms with E-state index in [-0.39, 0.29) is 5.91 Å². The quantitative estimate of drug-likeness (QED) is 0.841. The molecule has 1 heterocycles. The van der Waals surface area contributed by atoms with Crippen LogP contribution in [-0.2, 0) is 4.79 Å². The molecule has 2 aromatic rings. The van der Waals surface area contributed by atoms with E-state index in [2.05, 4.69) is 15.5 Å². The average Bonchev–Trinajstić information content (AvgIpc) is 2.66. The number of aromatic nitrogens is 2. The smallest absolute Gasteiger partial charge is 0.222 e. The van der Waals surface area contributed by atoms with Crippen molar-refractivity contribution in [3.63, 3.8) is 0 Å². The molecule has 0 aliphatic carbocycles. The number of carbonyl (C=O) groups excluding carboxylic acids is 1. The van der Waals surface area contributed by atoms with Crippen molar-refractivity contribution in [2.45, 2.75) is 6.92 Å². The number of hydrogen-bond acceptors (Lipinski definition) is 2. The minimum Gasteiger partial charge on any atom is -0.309 e. The Balaban J connectivity index is 2.32. The van der Waals surface area contributed by atoms with Crippen molar-refractivity contribution in [3.05, 3.63) is 35.4 Å². The molecular formula is C11H10ClN3O. The number of rotatable bonds is 2. The fourth-order valence-electron chi connectivity index (χ4n) is 1.38. The first-order chi connectivity index (χ1) is 7.66. The highest BCUT2D eigenvalue weighted by molar-refractivity contribution is 6.33. The third kappa shape index (κ3) is 2.23. The van der Waals surface area contributed by atoms with Gasteiger partial charge >= 0.3 is 0 Å². The van der Waals surface area contributed by atoms with Gasteiger partial charge in [-0.05, 0) is 6.07 Å². The Morgan fingerprint density at radius 2 is 2.19 bits per heavy atom. The van der Waals surface area contributed by atoms with Gasteiger partial charge in [-0.3, -0.25) is 9.89 Å². The van der Waals surface area contributed by atoms with E-state index in [1.54, 1.807) is 12.1 Å². The zero-order valence-electron chi connectivity index (χ0n) is 8.62. The van der Waals surface area contributed by atoms with Gasteiger partial charge in [0.15, 0.2) is 5.82 Å². The summed E-state index contributed by atoms with van der Waals surface area (Å²) in [6, 6.07) is 9.17. The summed E-state index contributed by atoms with van der Waals surface area (Å²) in [5, 5.41) is 10.0. The molecule has 0 bridgehead atoms. The van der Waals surface area contributed by atoms with Crippen LogP contribution in [-0.4, -0.2) is 16.1 Å². The van der Waals surface area contributed by atoms with Crippen LogP contribution in [0.3, 0.4) is 0 Å². The van der Waals surface area contributed by atoms with Crippen molar-refractivity contribution < 1.29 is 4.79 Å². The van der Waals surface area contributed by atoms with E-state index in [4.69, 9.17) is 11.6 Å². The van der Waals surface area contributed by atoms with Gasteiger partial charge in [0, 0.05) is 23.6 Å². The zero-order valence-corrected chi connectivity index (χ0v) is 9.38. The Labute approximate surface area is 97.6 Å². The van der Waals surface area contributed by atoms with Crippen LogP contribution in [0.5, 0.6) is 0 Å². The maximum absolute atomic E-state index is 10.8. The number of H-pyrrole nitrogens is 1. The maximum Gasteiger partial charge on any atom is 0.222 e. The molecule has 0 atom stereocenters. The zero-order chi connectivity index (χ0) is 11.5. The topological polar surface area (TPSA) is 57.8 Å². The molecule has 0 saturated heterocycles. The predicted molar refractivity (Wildman–Crippen MR) is 63.3 cm³/mol. The van der Waals surface area contributed by atoms with Crippen molar-refractivity contribution in [1.29, 1.82) is 0 Å². The summed E-state index contributed by atoms with van der Waals surface area (Å²) in [5.74, 6) is 0.333. The lowest BCUT2D eigenvalue weighted by atomic mass is 10.1. The van der Waals surface area contributed by atoms with Crippen LogP contribution in [0.4, 0.5) is 5.82 Å². The molecule has 0 saturated carbocycles. The number of amides is 1. The lowest BCUT2D eigenvalue weighted by Gasteiger charge is -1.98. The third-order valence-electron chi connectivity index (χ3n) is 2.05. The number of benzene rings is 1. The van der Waals surface area contributed by atoms with Gasteiger partial charge in [0.2, 0.25) is 5.91 Å². The summed E-state index contributed by atoms with van der Waals surface area (Å²) in [6.07, 6.45) is 0. The molecule has 1 amide bonds. The molecule has 1 aromatic carbocycles. The SMILES string of the molecule is CC(=O)Nc1cc(-c2ccccc2Cl)[nH]n1. The molecule has 5 heteroatoms. The molecule has 4 nitrogen and oxygen atoms in total. The molecular weight excluding hydrogens is 226 g/mol. The van der Waals surface area contributed by atoms with E-state index >= 15 is 0 Å². The highest BCUT2D eigenvalue weighted by Crippen LogP contribution is 2.27. The first-order valence-electron chi connectivity index (χ1n) is 4.75. The Hall–Kier alpha value is -1.81. The monoisotopic (exact) mass is 235 g/mol. The van der Waals surface area contributed by atoms with Crippen molar-refractivity contribution >= 4 is 23.3 Å². The fourth-order valence-corrected chi connectivity index (χ4v) is 1.62. The second kappa shape index (κ2) is 4.37. The molecule has 0 radical (unpaired) electrons. The Morgan fingerprint density at radius 3 is 2.88 bits per heavy atom. The van der Waals surface area contributed by atoms with Crippen LogP contribution < -0.4 is 5.32 Å². The van der Waals surface area contributed by atoms with Gasteiger partial charge in [0.1, 0.15) is 0 Å². The Kier molecular flexibility index (Phi) is 2.92. The van der Waals surface area contributed by atoms with Crippen LogP contribution in [0.15, 0.2) is 30.3 Å². The minimum absolute atomic E-state index is 0.155. The van der Waals surface area contributed by atoms with E-state index in [0.717, 1.165) is 11.3 Å². The standard InChI is InChI=1S/C11H10ClN3O/c1-7(16)13-11-6-10(14-15-11)8-4-2-3-5-9(8)12/h2-6H,1H3,(H2,13,14,15,16). The number of nitrogens with one attached hydrogen (secondary N) is 2. The summed E-state index contributed by atoms with van der Waals surface area (Å²) in [7, 11) is 0. The van der Waals surface area contributed by atoms with Gasteiger partial charge in [-0.25, -0.2) is 0 Å². The number of hydrogen-bond donors (Lipinski definition) is 2. The van der Waals surface area contributed by atoms with Gasteiger partial charge in [-0.2, -0.15) is 5.10 Å². The summed E-state index contributed by atoms with van der Waals surface area (Å²) < 4.78 is 0. The predicted octanol–water partition coefficient (Wildman–Crippen LogP) is 2.69. The van der Waals surface area contributed by atoms with Gasteiger partial charge in [0.25, 0.3) is 0 Å². The van der Waals surface area contributed by atoms with Crippen molar-refractivity contribution in [2.75, 3.05) is 5.32 Å². The number of halogens is 1. The summed E-state index contributed by atoms with van der Waals surface area (Å²) in [5.41, 5.74) is 1.63. The average molecular weight is 236 g/mol. The molecule has 1 aromatic heterocycles. The summed E-state index contributed by atoms with van der Waals surface area (Å²) in [4.78, 5) is 10.8. The second-order valence-electron chi connectivity index (χ2n) is 3.33. The number of carbonyl (C=O) groups is 1. The van der Waals surface area contributed by atoms with Crippen molar-refractivity contribution in [2.24, 2.45) is 0 Å². The van der Waals surface area contributed by atoms with Crippen LogP contribution in [0.2, 0.25) is 5.02 Å². The lowest BCUT2D eigenvalue weighted by molar-refractivity contribution is -0.114. The second-order valence-corrected chi connectivity index (χ2v) is 3.74. The first kappa shape index (κ1) is 10.7. The number of anilines is 1. The van der Waals surface area contributed by atoms with Gasteiger partial charge in [0.05, 0.1) is 5.69 Å². The van der Waals surface area contributed by atoms with Crippen LogP contribution in [0.1, 0.15) is 6.92 Å². The van der Waals surface area contributed by atoms with E-state index in [0.29, 0.717) is 10.8 Å². The van der Waals surface area contributed by atoms with Crippen molar-refractivity contribution in [1.82, 2.24) is 10.2 Å². The lowest BCUT2D eigenvalue weighted by Crippen LogP contribution is -2.05. The molecule has 0 spiro atoms. The van der Waals surface area contributed by atoms with Crippen molar-refractivity contribution in [3.8, 4) is 11.3 Å². The van der Waals surface area contributed by atoms with E-state index < -0.39 is 0 Å². The largest absolute Gasteiger partial charge is 0.309 e. The summed E-state index contributed by atoms with van der Waals surface area (Å²) in [6.45, 7) is 1.43. The minimum atomic E-state index is -0.155. The van der Waals surface area contributed by atoms with E-state index in [1.807, 2.05) is 18.2 Å². The fraction of sp³-hybridized carbons (Fsp3) is 0.0909. The maximum atomic E-state index is 10.8. The first-order valence-corrected chi connectivity index (χ1v) is 5.12. The molecule has 82 valence electrons. The molecule has 0 unspecified atom stereocenters. The van der Waals surface area contributed by atoms with E-state index in [1.165, 1.54) is 6.92 Å². The van der Waals surface area contributed by atoms with Crippen LogP contribution >= 0.6 is 11.6 Å². The molecule has 0 aliphatic rings. The Bertz CT molecular complexity index is 521. The van der Waals surface area contributed by atoms with E-state index in [9.17, 15) is 4.79 Å². The highest BCUT2D eigenvalue weighted by atomic mass is 35.5. The Morgan fingerprint density at radius 1 is 1.44 bits per heavy atom. The summed E-state index contributed by atoms with van der Waals surface area (Å²) >= 11 is 6.04. The molecule has 16 heavy (non-hydrogen) atoms. The van der Waals surface area contributed by atoms with Gasteiger partial charge < -0.3 is 5.32 Å². The third-order valence-corrected chi connectivity index (χ3v) is 2.38. The molecule has 0 aliphatic heterocycles. The normalized spacial score (nSPS) is 10.1. The number of aromatic amines is 1. The van der Waals surface area contributed by atoms with Crippen LogP contribution in [0.25, 0.3) is 11.3 Å². The molecule has 0 fully saturated rings. The highest BCUT2D eigenvalue weighted by Gasteiger charge is 2.07. The van der Waals surface area contributed by atoms with Crippen LogP contribution in [0, 0.1) is 0 Å².